The van der Waals surface area contributed by atoms with Crippen LogP contribution in [0.3, 0.4) is 0 Å². The number of nitrogens with zero attached hydrogens (tertiary/aromatic N) is 4. The summed E-state index contributed by atoms with van der Waals surface area (Å²) in [5.74, 6) is 0.818. The van der Waals surface area contributed by atoms with E-state index in [2.05, 4.69) is 15.0 Å². The summed E-state index contributed by atoms with van der Waals surface area (Å²) in [5.41, 5.74) is 1.20. The Hall–Kier alpha value is -1.69. The Balaban J connectivity index is 1.50. The van der Waals surface area contributed by atoms with E-state index in [9.17, 15) is 4.79 Å². The van der Waals surface area contributed by atoms with Crippen molar-refractivity contribution in [2.75, 3.05) is 6.54 Å². The van der Waals surface area contributed by atoms with Gasteiger partial charge < -0.3 is 4.90 Å². The second kappa shape index (κ2) is 5.50. The Labute approximate surface area is 134 Å². The van der Waals surface area contributed by atoms with Crippen molar-refractivity contribution in [3.05, 3.63) is 34.5 Å². The van der Waals surface area contributed by atoms with Gasteiger partial charge in [0.15, 0.2) is 0 Å². The summed E-state index contributed by atoms with van der Waals surface area (Å²) >= 11 is 1.66. The van der Waals surface area contributed by atoms with Crippen molar-refractivity contribution in [2.24, 2.45) is 13.0 Å². The van der Waals surface area contributed by atoms with Crippen molar-refractivity contribution in [1.82, 2.24) is 19.7 Å². The highest BCUT2D eigenvalue weighted by molar-refractivity contribution is 7.09. The molecule has 3 heterocycles. The summed E-state index contributed by atoms with van der Waals surface area (Å²) in [7, 11) is 1.92. The Morgan fingerprint density at radius 3 is 3.05 bits per heavy atom. The van der Waals surface area contributed by atoms with Gasteiger partial charge in [-0.15, -0.1) is 11.3 Å². The van der Waals surface area contributed by atoms with E-state index in [0.29, 0.717) is 11.8 Å². The highest BCUT2D eigenvalue weighted by Gasteiger charge is 2.48. The van der Waals surface area contributed by atoms with Crippen LogP contribution in [0.1, 0.15) is 48.2 Å². The zero-order valence-electron chi connectivity index (χ0n) is 12.7. The normalized spacial score (nSPS) is 27.9. The Morgan fingerprint density at radius 1 is 1.41 bits per heavy atom. The van der Waals surface area contributed by atoms with E-state index in [1.807, 2.05) is 35.7 Å². The van der Waals surface area contributed by atoms with Crippen molar-refractivity contribution in [3.63, 3.8) is 0 Å². The molecule has 22 heavy (non-hydrogen) atoms. The first-order valence-electron chi connectivity index (χ1n) is 7.92. The maximum atomic E-state index is 12.9. The summed E-state index contributed by atoms with van der Waals surface area (Å²) in [4.78, 5) is 19.5. The molecule has 2 fully saturated rings. The van der Waals surface area contributed by atoms with E-state index in [4.69, 9.17) is 0 Å². The highest BCUT2D eigenvalue weighted by Crippen LogP contribution is 2.49. The third-order valence-corrected chi connectivity index (χ3v) is 5.66. The lowest BCUT2D eigenvalue weighted by Crippen LogP contribution is -2.39. The van der Waals surface area contributed by atoms with Crippen LogP contribution < -0.4 is 0 Å². The minimum atomic E-state index is 0.143. The van der Waals surface area contributed by atoms with E-state index in [0.717, 1.165) is 30.8 Å². The summed E-state index contributed by atoms with van der Waals surface area (Å²) < 4.78 is 1.81. The fourth-order valence-corrected chi connectivity index (χ4v) is 4.32. The summed E-state index contributed by atoms with van der Waals surface area (Å²) in [5, 5.41) is 7.31. The largest absolute Gasteiger partial charge is 0.333 e. The number of aryl methyl sites for hydroxylation is 1. The highest BCUT2D eigenvalue weighted by atomic mass is 32.1. The molecule has 3 atom stereocenters. The Bertz CT molecular complexity index is 666. The van der Waals surface area contributed by atoms with Gasteiger partial charge in [-0.3, -0.25) is 9.48 Å². The van der Waals surface area contributed by atoms with Gasteiger partial charge in [-0.2, -0.15) is 5.10 Å². The average molecular weight is 316 g/mol. The topological polar surface area (TPSA) is 51.0 Å². The van der Waals surface area contributed by atoms with Gasteiger partial charge in [0.2, 0.25) is 5.91 Å². The van der Waals surface area contributed by atoms with Crippen LogP contribution in [-0.4, -0.2) is 32.1 Å². The van der Waals surface area contributed by atoms with Crippen LogP contribution in [0.2, 0.25) is 0 Å². The molecular formula is C16H20N4OS. The first kappa shape index (κ1) is 13.9. The van der Waals surface area contributed by atoms with Gasteiger partial charge in [-0.1, -0.05) is 0 Å². The average Bonchev–Trinajstić information content (AvgIpc) is 2.95. The van der Waals surface area contributed by atoms with Crippen molar-refractivity contribution >= 4 is 17.2 Å². The zero-order valence-corrected chi connectivity index (χ0v) is 13.5. The predicted molar refractivity (Wildman–Crippen MR) is 84.5 cm³/mol. The summed E-state index contributed by atoms with van der Waals surface area (Å²) in [6.07, 6.45) is 10.1. The number of amides is 1. The van der Waals surface area contributed by atoms with Gasteiger partial charge in [0.05, 0.1) is 12.2 Å². The maximum absolute atomic E-state index is 12.9. The first-order chi connectivity index (χ1) is 10.7. The van der Waals surface area contributed by atoms with Gasteiger partial charge in [-0.05, 0) is 37.2 Å². The molecule has 0 unspecified atom stereocenters. The molecule has 4 rings (SSSR count). The van der Waals surface area contributed by atoms with Crippen molar-refractivity contribution < 1.29 is 4.79 Å². The molecule has 1 saturated heterocycles. The van der Waals surface area contributed by atoms with Gasteiger partial charge in [-0.25, -0.2) is 4.98 Å². The Kier molecular flexibility index (Phi) is 3.48. The van der Waals surface area contributed by atoms with E-state index in [-0.39, 0.29) is 12.0 Å². The minimum absolute atomic E-state index is 0.143. The molecule has 0 aromatic carbocycles. The fraction of sp³-hybridized carbons (Fsp3) is 0.562. The number of rotatable bonds is 3. The first-order valence-corrected chi connectivity index (χ1v) is 8.80. The van der Waals surface area contributed by atoms with Crippen molar-refractivity contribution in [3.8, 4) is 0 Å². The number of hydrogen-bond acceptors (Lipinski definition) is 4. The monoisotopic (exact) mass is 316 g/mol. The summed E-state index contributed by atoms with van der Waals surface area (Å²) in [6.45, 7) is 0.874. The van der Waals surface area contributed by atoms with Crippen LogP contribution >= 0.6 is 11.3 Å². The number of carbonyl (C=O) groups excluding carboxylic acids is 1. The van der Waals surface area contributed by atoms with Crippen LogP contribution in [0.25, 0.3) is 0 Å². The molecule has 2 aliphatic rings. The molecule has 1 saturated carbocycles. The minimum Gasteiger partial charge on any atom is -0.333 e. The lowest BCUT2D eigenvalue weighted by atomic mass is 10.0. The lowest BCUT2D eigenvalue weighted by molar-refractivity contribution is -0.136. The van der Waals surface area contributed by atoms with Crippen molar-refractivity contribution in [2.45, 2.75) is 37.6 Å². The van der Waals surface area contributed by atoms with Crippen LogP contribution in [0.15, 0.2) is 24.0 Å². The number of hydrogen-bond donors (Lipinski definition) is 0. The second-order valence-electron chi connectivity index (χ2n) is 6.31. The molecule has 2 aromatic heterocycles. The van der Waals surface area contributed by atoms with Crippen LogP contribution in [0, 0.1) is 5.92 Å². The third-order valence-electron chi connectivity index (χ3n) is 4.78. The molecular weight excluding hydrogens is 296 g/mol. The Morgan fingerprint density at radius 2 is 2.32 bits per heavy atom. The number of carbonyl (C=O) groups is 1. The number of thiazole rings is 1. The molecule has 6 heteroatoms. The van der Waals surface area contributed by atoms with E-state index >= 15 is 0 Å². The molecule has 0 N–H and O–H groups in total. The molecule has 0 spiro atoms. The van der Waals surface area contributed by atoms with E-state index < -0.39 is 0 Å². The molecule has 1 aliphatic carbocycles. The zero-order chi connectivity index (χ0) is 15.1. The van der Waals surface area contributed by atoms with Crippen molar-refractivity contribution in [1.29, 1.82) is 0 Å². The van der Waals surface area contributed by atoms with Crippen LogP contribution in [0.4, 0.5) is 0 Å². The third kappa shape index (κ3) is 2.45. The molecule has 0 bridgehead atoms. The molecule has 0 radical (unpaired) electrons. The smallest absolute Gasteiger partial charge is 0.226 e. The van der Waals surface area contributed by atoms with Crippen LogP contribution in [0.5, 0.6) is 0 Å². The predicted octanol–water partition coefficient (Wildman–Crippen LogP) is 2.73. The molecule has 1 amide bonds. The fourth-order valence-electron chi connectivity index (χ4n) is 3.53. The lowest BCUT2D eigenvalue weighted by Gasteiger charge is -2.34. The van der Waals surface area contributed by atoms with Crippen LogP contribution in [-0.2, 0) is 11.8 Å². The number of likely N-dealkylation sites (tertiary alicyclic amines) is 1. The summed E-state index contributed by atoms with van der Waals surface area (Å²) in [6, 6.07) is 0.191. The molecule has 1 aliphatic heterocycles. The van der Waals surface area contributed by atoms with E-state index in [1.165, 1.54) is 12.0 Å². The maximum Gasteiger partial charge on any atom is 0.226 e. The van der Waals surface area contributed by atoms with Gasteiger partial charge in [0.1, 0.15) is 5.01 Å². The van der Waals surface area contributed by atoms with Gasteiger partial charge in [0, 0.05) is 37.3 Å². The second-order valence-corrected chi connectivity index (χ2v) is 7.24. The van der Waals surface area contributed by atoms with E-state index in [1.54, 1.807) is 11.3 Å². The molecule has 5 nitrogen and oxygen atoms in total. The molecule has 2 aromatic rings. The number of piperidine rings is 1. The van der Waals surface area contributed by atoms with Gasteiger partial charge in [0.25, 0.3) is 0 Å². The quantitative estimate of drug-likeness (QED) is 0.875. The number of aromatic nitrogens is 3. The molecule has 116 valence electrons. The standard InChI is InChI=1S/C16H20N4OS/c1-19-10-11(9-18-19)12-8-13(12)16(21)20-6-3-2-4-14(20)15-17-5-7-22-15/h5,7,9-10,12-14H,2-4,6,8H2,1H3/t12-,13+,14+/m0/s1. The van der Waals surface area contributed by atoms with Gasteiger partial charge >= 0.3 is 0 Å². The SMILES string of the molecule is Cn1cc([C@@H]2C[C@H]2C(=O)N2CCCC[C@@H]2c2nccs2)cn1.